The number of carbonyl (C=O) groups is 2. The number of hydrogen-bond donors (Lipinski definition) is 2. The first kappa shape index (κ1) is 17.1. The molecule has 2 heterocycles. The van der Waals surface area contributed by atoms with Crippen LogP contribution < -0.4 is 10.2 Å². The first-order valence-electron chi connectivity index (χ1n) is 8.48. The molecule has 0 spiro atoms. The fourth-order valence-electron chi connectivity index (χ4n) is 3.26. The van der Waals surface area contributed by atoms with Crippen LogP contribution in [-0.2, 0) is 16.1 Å². The number of nitrogens with zero attached hydrogens (tertiary/aromatic N) is 2. The highest BCUT2D eigenvalue weighted by molar-refractivity contribution is 6.05. The van der Waals surface area contributed by atoms with Crippen LogP contribution in [0.2, 0.25) is 0 Å². The lowest BCUT2D eigenvalue weighted by atomic mass is 10.1. The molecule has 6 nitrogen and oxygen atoms in total. The number of aromatic nitrogens is 2. The van der Waals surface area contributed by atoms with Gasteiger partial charge in [0.2, 0.25) is 11.8 Å². The van der Waals surface area contributed by atoms with Crippen LogP contribution in [0.25, 0.3) is 10.9 Å². The summed E-state index contributed by atoms with van der Waals surface area (Å²) in [6, 6.07) is 10.9. The van der Waals surface area contributed by atoms with Crippen molar-refractivity contribution in [3.8, 4) is 0 Å². The lowest BCUT2D eigenvalue weighted by molar-refractivity contribution is -0.126. The number of rotatable bonds is 4. The Labute approximate surface area is 153 Å². The Balaban J connectivity index is 1.46. The van der Waals surface area contributed by atoms with Crippen molar-refractivity contribution in [1.82, 2.24) is 15.5 Å². The Morgan fingerprint density at radius 2 is 1.93 bits per heavy atom. The van der Waals surface area contributed by atoms with Gasteiger partial charge in [0.15, 0.2) is 5.82 Å². The van der Waals surface area contributed by atoms with E-state index in [4.69, 9.17) is 0 Å². The number of aromatic amines is 1. The summed E-state index contributed by atoms with van der Waals surface area (Å²) in [5.41, 5.74) is 0.591. The molecule has 0 radical (unpaired) electrons. The third kappa shape index (κ3) is 3.14. The third-order valence-electron chi connectivity index (χ3n) is 4.70. The maximum Gasteiger partial charge on any atom is 0.229 e. The van der Waals surface area contributed by atoms with Crippen LogP contribution in [-0.4, -0.2) is 28.6 Å². The Bertz CT molecular complexity index is 1010. The predicted molar refractivity (Wildman–Crippen MR) is 94.8 cm³/mol. The molecule has 2 aromatic carbocycles. The van der Waals surface area contributed by atoms with Gasteiger partial charge in [-0.05, 0) is 24.3 Å². The summed E-state index contributed by atoms with van der Waals surface area (Å²) in [5.74, 6) is -2.21. The van der Waals surface area contributed by atoms with E-state index in [1.165, 1.54) is 11.0 Å². The second kappa shape index (κ2) is 6.79. The van der Waals surface area contributed by atoms with Crippen LogP contribution in [0.4, 0.5) is 14.6 Å². The van der Waals surface area contributed by atoms with E-state index in [0.717, 1.165) is 23.0 Å². The number of para-hydroxylation sites is 1. The van der Waals surface area contributed by atoms with Crippen molar-refractivity contribution in [1.29, 1.82) is 0 Å². The van der Waals surface area contributed by atoms with Crippen LogP contribution in [0.1, 0.15) is 12.0 Å². The number of nitrogens with one attached hydrogen (secondary N) is 2. The predicted octanol–water partition coefficient (Wildman–Crippen LogP) is 2.51. The molecule has 0 unspecified atom stereocenters. The fourth-order valence-corrected chi connectivity index (χ4v) is 3.26. The van der Waals surface area contributed by atoms with E-state index in [-0.39, 0.29) is 31.0 Å². The molecule has 1 aromatic heterocycles. The first-order valence-corrected chi connectivity index (χ1v) is 8.48. The zero-order valence-electron chi connectivity index (χ0n) is 14.2. The summed E-state index contributed by atoms with van der Waals surface area (Å²) in [6.07, 6.45) is 0.0206. The van der Waals surface area contributed by atoms with Crippen molar-refractivity contribution in [2.24, 2.45) is 5.92 Å². The van der Waals surface area contributed by atoms with E-state index in [1.54, 1.807) is 0 Å². The Morgan fingerprint density at radius 1 is 1.19 bits per heavy atom. The van der Waals surface area contributed by atoms with E-state index in [2.05, 4.69) is 15.5 Å². The average Bonchev–Trinajstić information content (AvgIpc) is 3.24. The van der Waals surface area contributed by atoms with Gasteiger partial charge in [-0.3, -0.25) is 19.6 Å². The topological polar surface area (TPSA) is 78.1 Å². The monoisotopic (exact) mass is 370 g/mol. The summed E-state index contributed by atoms with van der Waals surface area (Å²) >= 11 is 0. The zero-order valence-corrected chi connectivity index (χ0v) is 14.2. The number of amides is 2. The SMILES string of the molecule is O=C(NCc1c(F)cccc1F)[C@H]1CC(=O)N(c2n[nH]c3ccccc23)C1. The molecule has 2 amide bonds. The second-order valence-electron chi connectivity index (χ2n) is 6.42. The Hall–Kier alpha value is -3.29. The van der Waals surface area contributed by atoms with Crippen LogP contribution in [0.3, 0.4) is 0 Å². The summed E-state index contributed by atoms with van der Waals surface area (Å²) < 4.78 is 27.3. The number of benzene rings is 2. The van der Waals surface area contributed by atoms with Crippen LogP contribution >= 0.6 is 0 Å². The van der Waals surface area contributed by atoms with E-state index in [1.807, 2.05) is 24.3 Å². The van der Waals surface area contributed by atoms with Crippen molar-refractivity contribution in [3.63, 3.8) is 0 Å². The fraction of sp³-hybridized carbons (Fsp3) is 0.211. The normalized spacial score (nSPS) is 16.9. The van der Waals surface area contributed by atoms with E-state index >= 15 is 0 Å². The standard InChI is InChI=1S/C19H16F2N4O2/c20-14-5-3-6-15(21)13(14)9-22-19(27)11-8-17(26)25(10-11)18-12-4-1-2-7-16(12)23-24-18/h1-7,11H,8-10H2,(H,22,27)(H,23,24)/t11-/m0/s1. The maximum atomic E-state index is 13.7. The van der Waals surface area contributed by atoms with Gasteiger partial charge in [-0.2, -0.15) is 5.10 Å². The van der Waals surface area contributed by atoms with Gasteiger partial charge in [-0.15, -0.1) is 0 Å². The van der Waals surface area contributed by atoms with Gasteiger partial charge in [0, 0.05) is 30.5 Å². The van der Waals surface area contributed by atoms with Crippen molar-refractivity contribution < 1.29 is 18.4 Å². The molecule has 1 saturated heterocycles. The molecule has 1 atom stereocenters. The van der Waals surface area contributed by atoms with Gasteiger partial charge >= 0.3 is 0 Å². The number of carbonyl (C=O) groups excluding carboxylic acids is 2. The molecule has 2 N–H and O–H groups in total. The number of fused-ring (bicyclic) bond motifs is 1. The molecule has 8 heteroatoms. The lowest BCUT2D eigenvalue weighted by Gasteiger charge is -2.14. The summed E-state index contributed by atoms with van der Waals surface area (Å²) in [5, 5.41) is 10.4. The maximum absolute atomic E-state index is 13.7. The van der Waals surface area contributed by atoms with E-state index in [0.29, 0.717) is 5.82 Å². The van der Waals surface area contributed by atoms with Crippen LogP contribution in [0, 0.1) is 17.6 Å². The molecule has 0 bridgehead atoms. The highest BCUT2D eigenvalue weighted by atomic mass is 19.1. The first-order chi connectivity index (χ1) is 13.0. The molecule has 1 aliphatic rings. The van der Waals surface area contributed by atoms with Gasteiger partial charge < -0.3 is 5.32 Å². The quantitative estimate of drug-likeness (QED) is 0.741. The molecule has 0 aliphatic carbocycles. The molecule has 27 heavy (non-hydrogen) atoms. The third-order valence-corrected chi connectivity index (χ3v) is 4.70. The van der Waals surface area contributed by atoms with Gasteiger partial charge in [-0.25, -0.2) is 8.78 Å². The lowest BCUT2D eigenvalue weighted by Crippen LogP contribution is -2.33. The number of halogens is 2. The molecule has 0 saturated carbocycles. The van der Waals surface area contributed by atoms with Crippen molar-refractivity contribution in [3.05, 3.63) is 59.7 Å². The van der Waals surface area contributed by atoms with Crippen molar-refractivity contribution in [2.75, 3.05) is 11.4 Å². The second-order valence-corrected chi connectivity index (χ2v) is 6.42. The van der Waals surface area contributed by atoms with Crippen molar-refractivity contribution in [2.45, 2.75) is 13.0 Å². The minimum Gasteiger partial charge on any atom is -0.351 e. The smallest absolute Gasteiger partial charge is 0.229 e. The molecule has 138 valence electrons. The van der Waals surface area contributed by atoms with Gasteiger partial charge in [0.25, 0.3) is 0 Å². The zero-order chi connectivity index (χ0) is 19.0. The minimum atomic E-state index is -0.720. The largest absolute Gasteiger partial charge is 0.351 e. The van der Waals surface area contributed by atoms with Crippen LogP contribution in [0.5, 0.6) is 0 Å². The highest BCUT2D eigenvalue weighted by Gasteiger charge is 2.36. The summed E-state index contributed by atoms with van der Waals surface area (Å²) in [4.78, 5) is 26.3. The van der Waals surface area contributed by atoms with Gasteiger partial charge in [0.1, 0.15) is 11.6 Å². The number of anilines is 1. The number of hydrogen-bond acceptors (Lipinski definition) is 3. The molecule has 3 aromatic rings. The average molecular weight is 370 g/mol. The Morgan fingerprint density at radius 3 is 2.70 bits per heavy atom. The molecule has 4 rings (SSSR count). The summed E-state index contributed by atoms with van der Waals surface area (Å²) in [6.45, 7) is -0.105. The number of H-pyrrole nitrogens is 1. The molecular weight excluding hydrogens is 354 g/mol. The molecular formula is C19H16F2N4O2. The molecule has 1 aliphatic heterocycles. The summed E-state index contributed by atoms with van der Waals surface area (Å²) in [7, 11) is 0. The van der Waals surface area contributed by atoms with Gasteiger partial charge in [0.05, 0.1) is 11.4 Å². The Kier molecular flexibility index (Phi) is 4.31. The van der Waals surface area contributed by atoms with E-state index < -0.39 is 23.5 Å². The van der Waals surface area contributed by atoms with Crippen molar-refractivity contribution >= 4 is 28.5 Å². The minimum absolute atomic E-state index is 0.0206. The van der Waals surface area contributed by atoms with E-state index in [9.17, 15) is 18.4 Å². The molecule has 1 fully saturated rings. The van der Waals surface area contributed by atoms with Crippen LogP contribution in [0.15, 0.2) is 42.5 Å². The van der Waals surface area contributed by atoms with Gasteiger partial charge in [-0.1, -0.05) is 18.2 Å². The highest BCUT2D eigenvalue weighted by Crippen LogP contribution is 2.29.